The molecule has 1 aliphatic carbocycles. The van der Waals surface area contributed by atoms with Crippen molar-refractivity contribution in [3.05, 3.63) is 41.5 Å². The normalized spacial score (nSPS) is 15.5. The fourth-order valence-corrected chi connectivity index (χ4v) is 2.37. The molecule has 1 amide bonds. The number of hydrogen-bond acceptors (Lipinski definition) is 1. The van der Waals surface area contributed by atoms with E-state index in [1.165, 1.54) is 24.8 Å². The third kappa shape index (κ3) is 3.19. The molecule has 0 radical (unpaired) electrons. The predicted molar refractivity (Wildman–Crippen MR) is 70.3 cm³/mol. The summed E-state index contributed by atoms with van der Waals surface area (Å²) in [6, 6.07) is 10.2. The lowest BCUT2D eigenvalue weighted by molar-refractivity contribution is -0.117. The fourth-order valence-electron chi connectivity index (χ4n) is 2.37. The van der Waals surface area contributed by atoms with Gasteiger partial charge in [0.1, 0.15) is 0 Å². The second-order valence-electron chi connectivity index (χ2n) is 4.59. The second-order valence-corrected chi connectivity index (χ2v) is 4.59. The SMILES string of the molecule is CC(=O)NC(=C1CCCCC1)c1ccccc1. The van der Waals surface area contributed by atoms with Crippen LogP contribution in [0.1, 0.15) is 44.6 Å². The summed E-state index contributed by atoms with van der Waals surface area (Å²) in [5.41, 5.74) is 3.56. The van der Waals surface area contributed by atoms with E-state index >= 15 is 0 Å². The first-order valence-corrected chi connectivity index (χ1v) is 6.32. The molecule has 2 nitrogen and oxygen atoms in total. The number of nitrogens with one attached hydrogen (secondary N) is 1. The zero-order valence-electron chi connectivity index (χ0n) is 10.3. The van der Waals surface area contributed by atoms with Gasteiger partial charge in [0.2, 0.25) is 5.91 Å². The highest BCUT2D eigenvalue weighted by Gasteiger charge is 2.13. The topological polar surface area (TPSA) is 29.1 Å². The smallest absolute Gasteiger partial charge is 0.221 e. The molecule has 0 aromatic heterocycles. The van der Waals surface area contributed by atoms with Gasteiger partial charge in [0, 0.05) is 12.6 Å². The maximum absolute atomic E-state index is 11.3. The van der Waals surface area contributed by atoms with Gasteiger partial charge < -0.3 is 5.32 Å². The van der Waals surface area contributed by atoms with Gasteiger partial charge in [-0.15, -0.1) is 0 Å². The number of carbonyl (C=O) groups is 1. The van der Waals surface area contributed by atoms with Gasteiger partial charge in [0.05, 0.1) is 0 Å². The summed E-state index contributed by atoms with van der Waals surface area (Å²) < 4.78 is 0. The first-order valence-electron chi connectivity index (χ1n) is 6.32. The first kappa shape index (κ1) is 11.9. The van der Waals surface area contributed by atoms with Crippen LogP contribution in [0.25, 0.3) is 5.70 Å². The Labute approximate surface area is 103 Å². The molecule has 0 spiro atoms. The van der Waals surface area contributed by atoms with Gasteiger partial charge in [0.25, 0.3) is 0 Å². The van der Waals surface area contributed by atoms with Crippen molar-refractivity contribution in [3.8, 4) is 0 Å². The Bertz CT molecular complexity index is 412. The van der Waals surface area contributed by atoms with E-state index in [2.05, 4.69) is 17.4 Å². The van der Waals surface area contributed by atoms with E-state index in [1.54, 1.807) is 6.92 Å². The highest BCUT2D eigenvalue weighted by Crippen LogP contribution is 2.29. The number of hydrogen-bond donors (Lipinski definition) is 1. The molecule has 1 N–H and O–H groups in total. The Morgan fingerprint density at radius 2 is 1.71 bits per heavy atom. The quantitative estimate of drug-likeness (QED) is 0.826. The van der Waals surface area contributed by atoms with Crippen molar-refractivity contribution in [2.45, 2.75) is 39.0 Å². The van der Waals surface area contributed by atoms with Crippen LogP contribution in [-0.4, -0.2) is 5.91 Å². The van der Waals surface area contributed by atoms with Crippen LogP contribution >= 0.6 is 0 Å². The number of rotatable bonds is 2. The van der Waals surface area contributed by atoms with Crippen LogP contribution in [0, 0.1) is 0 Å². The second kappa shape index (κ2) is 5.67. The number of carbonyl (C=O) groups excluding carboxylic acids is 1. The zero-order chi connectivity index (χ0) is 12.1. The Balaban J connectivity index is 2.33. The molecular formula is C15H19NO. The molecule has 0 unspecified atom stereocenters. The molecule has 0 bridgehead atoms. The molecule has 2 heteroatoms. The summed E-state index contributed by atoms with van der Waals surface area (Å²) in [7, 11) is 0. The van der Waals surface area contributed by atoms with Gasteiger partial charge in [-0.1, -0.05) is 36.8 Å². The highest BCUT2D eigenvalue weighted by atomic mass is 16.1. The summed E-state index contributed by atoms with van der Waals surface area (Å²) in [6.45, 7) is 1.58. The molecular weight excluding hydrogens is 210 g/mol. The van der Waals surface area contributed by atoms with Crippen LogP contribution in [0.2, 0.25) is 0 Å². The standard InChI is InChI=1S/C15H19NO/c1-12(17)16-15(13-8-4-2-5-9-13)14-10-6-3-7-11-14/h2,4-5,8-9H,3,6-7,10-11H2,1H3,(H,16,17). The van der Waals surface area contributed by atoms with Gasteiger partial charge in [0.15, 0.2) is 0 Å². The van der Waals surface area contributed by atoms with Gasteiger partial charge in [-0.05, 0) is 36.8 Å². The van der Waals surface area contributed by atoms with Gasteiger partial charge in [-0.3, -0.25) is 4.79 Å². The van der Waals surface area contributed by atoms with E-state index in [0.29, 0.717) is 0 Å². The molecule has 1 aromatic carbocycles. The maximum atomic E-state index is 11.3. The Hall–Kier alpha value is -1.57. The molecule has 17 heavy (non-hydrogen) atoms. The lowest BCUT2D eigenvalue weighted by Crippen LogP contribution is -2.20. The van der Waals surface area contributed by atoms with Crippen molar-refractivity contribution >= 4 is 11.6 Å². The van der Waals surface area contributed by atoms with E-state index in [-0.39, 0.29) is 5.91 Å². The minimum atomic E-state index is 0.0157. The van der Waals surface area contributed by atoms with Crippen LogP contribution < -0.4 is 5.32 Å². The van der Waals surface area contributed by atoms with Crippen LogP contribution in [0.15, 0.2) is 35.9 Å². The molecule has 1 saturated carbocycles. The zero-order valence-corrected chi connectivity index (χ0v) is 10.3. The molecule has 1 fully saturated rings. The van der Waals surface area contributed by atoms with Crippen LogP contribution in [-0.2, 0) is 4.79 Å². The Kier molecular flexibility index (Phi) is 3.97. The maximum Gasteiger partial charge on any atom is 0.221 e. The molecule has 1 aliphatic rings. The van der Waals surface area contributed by atoms with Gasteiger partial charge >= 0.3 is 0 Å². The summed E-state index contributed by atoms with van der Waals surface area (Å²) >= 11 is 0. The summed E-state index contributed by atoms with van der Waals surface area (Å²) in [5, 5.41) is 3.01. The van der Waals surface area contributed by atoms with Crippen molar-refractivity contribution < 1.29 is 4.79 Å². The summed E-state index contributed by atoms with van der Waals surface area (Å²) in [4.78, 5) is 11.3. The van der Waals surface area contributed by atoms with E-state index < -0.39 is 0 Å². The lowest BCUT2D eigenvalue weighted by atomic mass is 9.91. The molecule has 2 rings (SSSR count). The predicted octanol–water partition coefficient (Wildman–Crippen LogP) is 3.50. The monoisotopic (exact) mass is 229 g/mol. The van der Waals surface area contributed by atoms with E-state index in [4.69, 9.17) is 0 Å². The van der Waals surface area contributed by atoms with Crippen molar-refractivity contribution in [3.63, 3.8) is 0 Å². The summed E-state index contributed by atoms with van der Waals surface area (Å²) in [6.07, 6.45) is 6.02. The minimum Gasteiger partial charge on any atom is -0.326 e. The van der Waals surface area contributed by atoms with Crippen LogP contribution in [0.3, 0.4) is 0 Å². The molecule has 0 heterocycles. The van der Waals surface area contributed by atoms with Crippen molar-refractivity contribution in [2.75, 3.05) is 0 Å². The lowest BCUT2D eigenvalue weighted by Gasteiger charge is -2.20. The third-order valence-corrected chi connectivity index (χ3v) is 3.17. The third-order valence-electron chi connectivity index (χ3n) is 3.17. The number of amides is 1. The van der Waals surface area contributed by atoms with Crippen LogP contribution in [0.4, 0.5) is 0 Å². The highest BCUT2D eigenvalue weighted by molar-refractivity contribution is 5.86. The fraction of sp³-hybridized carbons (Fsp3) is 0.400. The Morgan fingerprint density at radius 3 is 2.29 bits per heavy atom. The summed E-state index contributed by atoms with van der Waals surface area (Å²) in [5.74, 6) is 0.0157. The number of allylic oxidation sites excluding steroid dienone is 1. The van der Waals surface area contributed by atoms with Crippen LogP contribution in [0.5, 0.6) is 0 Å². The van der Waals surface area contributed by atoms with E-state index in [1.807, 2.05) is 18.2 Å². The Morgan fingerprint density at radius 1 is 1.06 bits per heavy atom. The minimum absolute atomic E-state index is 0.0157. The molecule has 1 aromatic rings. The average Bonchev–Trinajstić information content (AvgIpc) is 2.38. The average molecular weight is 229 g/mol. The van der Waals surface area contributed by atoms with Crippen molar-refractivity contribution in [1.82, 2.24) is 5.32 Å². The number of benzene rings is 1. The van der Waals surface area contributed by atoms with Crippen molar-refractivity contribution in [2.24, 2.45) is 0 Å². The first-order chi connectivity index (χ1) is 8.27. The molecule has 90 valence electrons. The van der Waals surface area contributed by atoms with Gasteiger partial charge in [-0.25, -0.2) is 0 Å². The van der Waals surface area contributed by atoms with E-state index in [9.17, 15) is 4.79 Å². The van der Waals surface area contributed by atoms with E-state index in [0.717, 1.165) is 24.1 Å². The van der Waals surface area contributed by atoms with Gasteiger partial charge in [-0.2, -0.15) is 0 Å². The van der Waals surface area contributed by atoms with Crippen molar-refractivity contribution in [1.29, 1.82) is 0 Å². The largest absolute Gasteiger partial charge is 0.326 e. The molecule has 0 aliphatic heterocycles. The molecule has 0 saturated heterocycles. The molecule has 0 atom stereocenters.